The molecule has 7 nitrogen and oxygen atoms in total. The van der Waals surface area contributed by atoms with E-state index in [9.17, 15) is 18.0 Å². The smallest absolute Gasteiger partial charge is 0.264 e. The van der Waals surface area contributed by atoms with E-state index in [4.69, 9.17) is 11.6 Å². The second-order valence-electron chi connectivity index (χ2n) is 12.0. The van der Waals surface area contributed by atoms with Crippen molar-refractivity contribution < 1.29 is 18.0 Å². The average molecular weight is 672 g/mol. The Bertz CT molecular complexity index is 1730. The second kappa shape index (κ2) is 16.1. The van der Waals surface area contributed by atoms with E-state index in [0.717, 1.165) is 48.8 Å². The standard InChI is InChI=1S/C38H42ClN3O4S/c1-2-31-16-12-13-21-35(31)42(47(45,46)34-19-10-5-11-20-34)28-37(43)41(27-30-22-24-32(39)25-23-30)36(26-29-14-6-3-7-15-29)38(44)40-33-17-8-4-9-18-33/h3,5-7,10-16,19-25,33,36H,2,4,8-9,17-18,26-28H2,1H3,(H,40,44)/t36-/m1/s1. The number of hydrogen-bond donors (Lipinski definition) is 1. The maximum Gasteiger partial charge on any atom is 0.264 e. The number of hydrogen-bond acceptors (Lipinski definition) is 4. The van der Waals surface area contributed by atoms with Gasteiger partial charge in [-0.3, -0.25) is 13.9 Å². The first-order valence-corrected chi connectivity index (χ1v) is 18.1. The molecule has 0 unspecified atom stereocenters. The van der Waals surface area contributed by atoms with Crippen LogP contribution in [0.1, 0.15) is 55.7 Å². The Morgan fingerprint density at radius 1 is 0.809 bits per heavy atom. The predicted octanol–water partition coefficient (Wildman–Crippen LogP) is 7.19. The molecule has 9 heteroatoms. The molecule has 4 aromatic carbocycles. The molecule has 0 aliphatic heterocycles. The Morgan fingerprint density at radius 3 is 2.09 bits per heavy atom. The molecule has 47 heavy (non-hydrogen) atoms. The van der Waals surface area contributed by atoms with E-state index >= 15 is 0 Å². The Labute approximate surface area is 283 Å². The van der Waals surface area contributed by atoms with Gasteiger partial charge in [0.05, 0.1) is 10.6 Å². The Kier molecular flexibility index (Phi) is 11.7. The van der Waals surface area contributed by atoms with E-state index in [-0.39, 0.29) is 29.8 Å². The molecule has 0 radical (unpaired) electrons. The summed E-state index contributed by atoms with van der Waals surface area (Å²) in [5, 5.41) is 3.80. The minimum atomic E-state index is -4.15. The normalized spacial score (nSPS) is 14.3. The zero-order chi connectivity index (χ0) is 33.2. The molecule has 0 spiro atoms. The number of nitrogens with zero attached hydrogens (tertiary/aromatic N) is 2. The molecule has 2 amide bonds. The van der Waals surface area contributed by atoms with Crippen LogP contribution in [0.25, 0.3) is 0 Å². The third-order valence-corrected chi connectivity index (χ3v) is 10.8. The molecule has 1 aliphatic carbocycles. The molecule has 4 aromatic rings. The minimum Gasteiger partial charge on any atom is -0.352 e. The molecule has 0 saturated heterocycles. The summed E-state index contributed by atoms with van der Waals surface area (Å²) in [4.78, 5) is 30.6. The highest BCUT2D eigenvalue weighted by atomic mass is 35.5. The minimum absolute atomic E-state index is 0.0356. The summed E-state index contributed by atoms with van der Waals surface area (Å²) < 4.78 is 29.7. The number of para-hydroxylation sites is 1. The largest absolute Gasteiger partial charge is 0.352 e. The highest BCUT2D eigenvalue weighted by Gasteiger charge is 2.35. The topological polar surface area (TPSA) is 86.8 Å². The molecule has 1 atom stereocenters. The molecule has 1 aliphatic rings. The number of nitrogens with one attached hydrogen (secondary N) is 1. The van der Waals surface area contributed by atoms with Crippen molar-refractivity contribution in [3.63, 3.8) is 0 Å². The first kappa shape index (κ1) is 34.2. The molecule has 1 fully saturated rings. The van der Waals surface area contributed by atoms with Gasteiger partial charge in [0.25, 0.3) is 10.0 Å². The van der Waals surface area contributed by atoms with Crippen molar-refractivity contribution in [3.05, 3.63) is 131 Å². The molecular formula is C38H42ClN3O4S. The first-order valence-electron chi connectivity index (χ1n) is 16.3. The maximum atomic E-state index is 14.7. The lowest BCUT2D eigenvalue weighted by Gasteiger charge is -2.35. The highest BCUT2D eigenvalue weighted by Crippen LogP contribution is 2.29. The molecule has 0 bridgehead atoms. The Balaban J connectivity index is 1.57. The van der Waals surface area contributed by atoms with Gasteiger partial charge in [-0.2, -0.15) is 0 Å². The van der Waals surface area contributed by atoms with Gasteiger partial charge in [-0.05, 0) is 66.3 Å². The zero-order valence-corrected chi connectivity index (χ0v) is 28.3. The van der Waals surface area contributed by atoms with Crippen LogP contribution in [-0.4, -0.2) is 43.8 Å². The number of carbonyl (C=O) groups excluding carboxylic acids is 2. The third kappa shape index (κ3) is 8.82. The number of sulfonamides is 1. The number of anilines is 1. The lowest BCUT2D eigenvalue weighted by molar-refractivity contribution is -0.140. The van der Waals surface area contributed by atoms with Crippen LogP contribution in [0.4, 0.5) is 5.69 Å². The fourth-order valence-corrected chi connectivity index (χ4v) is 7.77. The number of carbonyl (C=O) groups is 2. The van der Waals surface area contributed by atoms with E-state index < -0.39 is 28.5 Å². The van der Waals surface area contributed by atoms with Gasteiger partial charge in [0.15, 0.2) is 0 Å². The lowest BCUT2D eigenvalue weighted by atomic mass is 9.94. The van der Waals surface area contributed by atoms with Gasteiger partial charge in [0.1, 0.15) is 12.6 Å². The van der Waals surface area contributed by atoms with Gasteiger partial charge in [-0.25, -0.2) is 8.42 Å². The number of amides is 2. The van der Waals surface area contributed by atoms with Crippen LogP contribution >= 0.6 is 11.6 Å². The summed E-state index contributed by atoms with van der Waals surface area (Å²) in [6, 6.07) is 31.3. The lowest BCUT2D eigenvalue weighted by Crippen LogP contribution is -2.55. The number of halogens is 1. The van der Waals surface area contributed by atoms with Crippen molar-refractivity contribution >= 4 is 39.1 Å². The van der Waals surface area contributed by atoms with Crippen LogP contribution in [0.5, 0.6) is 0 Å². The van der Waals surface area contributed by atoms with Crippen LogP contribution in [0, 0.1) is 0 Å². The van der Waals surface area contributed by atoms with Crippen molar-refractivity contribution in [2.75, 3.05) is 10.8 Å². The van der Waals surface area contributed by atoms with Crippen molar-refractivity contribution in [1.29, 1.82) is 0 Å². The van der Waals surface area contributed by atoms with Crippen molar-refractivity contribution in [3.8, 4) is 0 Å². The van der Waals surface area contributed by atoms with Gasteiger partial charge >= 0.3 is 0 Å². The molecule has 1 saturated carbocycles. The van der Waals surface area contributed by atoms with E-state index in [1.807, 2.05) is 61.5 Å². The quantitative estimate of drug-likeness (QED) is 0.163. The second-order valence-corrected chi connectivity index (χ2v) is 14.3. The van der Waals surface area contributed by atoms with E-state index in [1.54, 1.807) is 42.5 Å². The fraction of sp³-hybridized carbons (Fsp3) is 0.316. The fourth-order valence-electron chi connectivity index (χ4n) is 6.17. The molecule has 5 rings (SSSR count). The number of rotatable bonds is 13. The SMILES string of the molecule is CCc1ccccc1N(CC(=O)N(Cc1ccc(Cl)cc1)[C@H](Cc1ccccc1)C(=O)NC1CCCCC1)S(=O)(=O)c1ccccc1. The number of aryl methyl sites for hydroxylation is 1. The van der Waals surface area contributed by atoms with Crippen LogP contribution in [0.3, 0.4) is 0 Å². The van der Waals surface area contributed by atoms with E-state index in [1.165, 1.54) is 21.3 Å². The summed E-state index contributed by atoms with van der Waals surface area (Å²) in [6.07, 6.45) is 5.87. The summed E-state index contributed by atoms with van der Waals surface area (Å²) in [6.45, 7) is 1.57. The molecule has 1 N–H and O–H groups in total. The van der Waals surface area contributed by atoms with E-state index in [0.29, 0.717) is 17.1 Å². The Morgan fingerprint density at radius 2 is 1.43 bits per heavy atom. The van der Waals surface area contributed by atoms with Gasteiger partial charge < -0.3 is 10.2 Å². The van der Waals surface area contributed by atoms with Gasteiger partial charge in [-0.1, -0.05) is 117 Å². The highest BCUT2D eigenvalue weighted by molar-refractivity contribution is 7.92. The van der Waals surface area contributed by atoms with Crippen LogP contribution in [-0.2, 0) is 39.0 Å². The molecular weight excluding hydrogens is 630 g/mol. The van der Waals surface area contributed by atoms with Crippen LogP contribution in [0.15, 0.2) is 114 Å². The third-order valence-electron chi connectivity index (χ3n) is 8.74. The summed E-state index contributed by atoms with van der Waals surface area (Å²) >= 11 is 6.20. The predicted molar refractivity (Wildman–Crippen MR) is 188 cm³/mol. The van der Waals surface area contributed by atoms with Crippen LogP contribution in [0.2, 0.25) is 5.02 Å². The number of benzene rings is 4. The Hall–Kier alpha value is -4.14. The summed E-state index contributed by atoms with van der Waals surface area (Å²) in [5.74, 6) is -0.723. The first-order chi connectivity index (χ1) is 22.8. The van der Waals surface area contributed by atoms with Crippen LogP contribution < -0.4 is 9.62 Å². The zero-order valence-electron chi connectivity index (χ0n) is 26.7. The molecule has 0 aromatic heterocycles. The van der Waals surface area contributed by atoms with Gasteiger partial charge in [0, 0.05) is 24.0 Å². The maximum absolute atomic E-state index is 14.7. The monoisotopic (exact) mass is 671 g/mol. The average Bonchev–Trinajstić information content (AvgIpc) is 3.10. The molecule has 246 valence electrons. The van der Waals surface area contributed by atoms with Gasteiger partial charge in [-0.15, -0.1) is 0 Å². The summed E-state index contributed by atoms with van der Waals surface area (Å²) in [5.41, 5.74) is 2.90. The van der Waals surface area contributed by atoms with Gasteiger partial charge in [0.2, 0.25) is 11.8 Å². The van der Waals surface area contributed by atoms with E-state index in [2.05, 4.69) is 5.32 Å². The molecule has 0 heterocycles. The van der Waals surface area contributed by atoms with Crippen molar-refractivity contribution in [2.45, 2.75) is 75.4 Å². The van der Waals surface area contributed by atoms with Crippen molar-refractivity contribution in [2.24, 2.45) is 0 Å². The summed E-state index contributed by atoms with van der Waals surface area (Å²) in [7, 11) is -4.15. The van der Waals surface area contributed by atoms with Crippen molar-refractivity contribution in [1.82, 2.24) is 10.2 Å².